The molecule has 13 heteroatoms. The summed E-state index contributed by atoms with van der Waals surface area (Å²) in [5.74, 6) is -2.05. The fraction of sp³-hybridized carbons (Fsp3) is 0.250. The fourth-order valence-electron chi connectivity index (χ4n) is 2.79. The van der Waals surface area contributed by atoms with Gasteiger partial charge in [0, 0.05) is 60.8 Å². The summed E-state index contributed by atoms with van der Waals surface area (Å²) < 4.78 is 1.06. The number of aliphatic imine (C=N–C) groups is 1. The molecule has 0 spiro atoms. The number of hydrogen-bond acceptors (Lipinski definition) is 9. The molecule has 33 heavy (non-hydrogen) atoms. The van der Waals surface area contributed by atoms with Crippen molar-refractivity contribution in [3.63, 3.8) is 0 Å². The molecule has 0 fully saturated rings. The zero-order chi connectivity index (χ0) is 23.1. The number of aromatic nitrogens is 4. The van der Waals surface area contributed by atoms with Crippen molar-refractivity contribution in [3.8, 4) is 11.5 Å². The Balaban J connectivity index is 0.00000385. The molecule has 0 amide bonds. The summed E-state index contributed by atoms with van der Waals surface area (Å²) in [5, 5.41) is 28.5. The molecule has 0 unspecified atom stereocenters. The van der Waals surface area contributed by atoms with Crippen LogP contribution in [0.15, 0.2) is 48.2 Å². The fourth-order valence-corrected chi connectivity index (χ4v) is 2.79. The minimum absolute atomic E-state index is 0. The molecule has 0 saturated heterocycles. The van der Waals surface area contributed by atoms with E-state index in [4.69, 9.17) is 10.6 Å². The number of H-pyrrole nitrogens is 1. The van der Waals surface area contributed by atoms with E-state index in [1.54, 1.807) is 6.20 Å². The van der Waals surface area contributed by atoms with Gasteiger partial charge in [0.15, 0.2) is 6.04 Å². The van der Waals surface area contributed by atoms with E-state index in [1.807, 2.05) is 0 Å². The van der Waals surface area contributed by atoms with Crippen molar-refractivity contribution in [3.05, 3.63) is 60.2 Å². The number of hydrogen-bond donors (Lipinski definition) is 5. The average Bonchev–Trinajstić information content (AvgIpc) is 3.40. The van der Waals surface area contributed by atoms with Crippen molar-refractivity contribution in [1.82, 2.24) is 19.7 Å². The number of rotatable bonds is 10. The second-order valence-corrected chi connectivity index (χ2v) is 6.93. The predicted molar refractivity (Wildman–Crippen MR) is 111 cm³/mol. The van der Waals surface area contributed by atoms with Crippen LogP contribution in [0.3, 0.4) is 0 Å². The zero-order valence-electron chi connectivity index (χ0n) is 17.2. The van der Waals surface area contributed by atoms with Gasteiger partial charge in [0.1, 0.15) is 23.9 Å². The molecule has 0 radical (unpaired) electrons. The predicted octanol–water partition coefficient (Wildman–Crippen LogP) is -0.151. The number of aliphatic carboxylic acids is 1. The summed E-state index contributed by atoms with van der Waals surface area (Å²) in [6, 6.07) is 2.06. The molecule has 0 aliphatic heterocycles. The van der Waals surface area contributed by atoms with Crippen molar-refractivity contribution >= 4 is 18.2 Å². The number of nitrogens with two attached hydrogens (primary N) is 1. The van der Waals surface area contributed by atoms with Gasteiger partial charge in [-0.05, 0) is 11.6 Å². The number of aromatic amines is 1. The number of nitrogens with one attached hydrogen (secondary N) is 1. The summed E-state index contributed by atoms with van der Waals surface area (Å²) >= 11 is 0. The van der Waals surface area contributed by atoms with Crippen LogP contribution in [0.4, 0.5) is 0 Å². The van der Waals surface area contributed by atoms with Crippen LogP contribution in [-0.2, 0) is 46.2 Å². The first-order valence-electron chi connectivity index (χ1n) is 9.55. The van der Waals surface area contributed by atoms with Gasteiger partial charge in [0.05, 0.1) is 18.2 Å². The number of carboxylic acids is 1. The Morgan fingerprint density at radius 2 is 2.09 bits per heavy atom. The third-order valence-electron chi connectivity index (χ3n) is 4.46. The Labute approximate surface area is 198 Å². The molecule has 3 rings (SSSR count). The molecule has 2 atom stereocenters. The Morgan fingerprint density at radius 1 is 1.30 bits per heavy atom. The molecule has 0 bridgehead atoms. The number of carboxylic acid groups (broad SMARTS) is 1. The first kappa shape index (κ1) is 25.6. The zero-order valence-corrected chi connectivity index (χ0v) is 18.5. The number of phenols is 2. The van der Waals surface area contributed by atoms with E-state index in [0.717, 1.165) is 4.73 Å². The normalized spacial score (nSPS) is 12.8. The second kappa shape index (κ2) is 11.8. The van der Waals surface area contributed by atoms with E-state index < -0.39 is 24.0 Å². The number of benzene rings is 1. The van der Waals surface area contributed by atoms with Crippen molar-refractivity contribution < 1.29 is 47.1 Å². The smallest absolute Gasteiger partial charge is 0.349 e. The molecule has 0 aliphatic carbocycles. The third kappa shape index (κ3) is 7.46. The van der Waals surface area contributed by atoms with E-state index in [9.17, 15) is 24.9 Å². The number of nitrogens with zero attached hydrogens (tertiary/aromatic N) is 4. The number of imidazole rings is 2. The van der Waals surface area contributed by atoms with Gasteiger partial charge >= 0.3 is 11.9 Å². The van der Waals surface area contributed by atoms with Gasteiger partial charge in [-0.1, -0.05) is 6.07 Å². The van der Waals surface area contributed by atoms with E-state index in [0.29, 0.717) is 17.0 Å². The van der Waals surface area contributed by atoms with Crippen LogP contribution < -0.4 is 10.6 Å². The summed E-state index contributed by atoms with van der Waals surface area (Å²) in [4.78, 5) is 43.6. The van der Waals surface area contributed by atoms with Crippen molar-refractivity contribution in [2.24, 2.45) is 10.7 Å². The number of carbonyl (C=O) groups excluding carboxylic acids is 1. The Morgan fingerprint density at radius 3 is 2.76 bits per heavy atom. The Hall–Kier alpha value is -3.66. The molecule has 0 saturated carbocycles. The number of phenolic OH excluding ortho intramolecular Hbond substituents is 2. The minimum atomic E-state index is -1.16. The van der Waals surface area contributed by atoms with Crippen LogP contribution >= 0.6 is 0 Å². The molecule has 2 heterocycles. The molecule has 2 aromatic heterocycles. The molecule has 1 aromatic carbocycles. The van der Waals surface area contributed by atoms with Gasteiger partial charge < -0.3 is 30.9 Å². The molecule has 3 aromatic rings. The second-order valence-electron chi connectivity index (χ2n) is 6.93. The Kier molecular flexibility index (Phi) is 9.17. The molecule has 0 aliphatic rings. The van der Waals surface area contributed by atoms with Gasteiger partial charge in [0.25, 0.3) is 0 Å². The van der Waals surface area contributed by atoms with Gasteiger partial charge in [-0.2, -0.15) is 4.73 Å². The van der Waals surface area contributed by atoms with Gasteiger partial charge in [-0.3, -0.25) is 4.99 Å². The van der Waals surface area contributed by atoms with Crippen LogP contribution in [-0.4, -0.2) is 65.2 Å². The average molecular weight is 494 g/mol. The summed E-state index contributed by atoms with van der Waals surface area (Å²) in [7, 11) is 0. The molecule has 174 valence electrons. The van der Waals surface area contributed by atoms with Crippen molar-refractivity contribution in [1.29, 1.82) is 0 Å². The quantitative estimate of drug-likeness (QED) is 0.239. The first-order valence-corrected chi connectivity index (χ1v) is 9.55. The van der Waals surface area contributed by atoms with Crippen LogP contribution in [0.2, 0.25) is 0 Å². The largest absolute Gasteiger partial charge is 0.508 e. The molecule has 12 nitrogen and oxygen atoms in total. The molecular weight excluding hydrogens is 472 g/mol. The SMILES string of the molecule is N[C@@H](Cc1cnc[nH]1)C(=O)On1cnc(C[C@H](N=CCc2ccc(O)cc2O)C(=O)O)c1.[Cr]. The molecular formula is C20H22CrN6O6. The van der Waals surface area contributed by atoms with E-state index in [1.165, 1.54) is 43.3 Å². The standard InChI is InChI=1S/C20H22N6O6.Cr/c21-16(5-13-8-22-10-24-13)20(31)32-26-9-14(25-11-26)6-17(19(29)30)23-4-3-12-1-2-15(27)7-18(12)28;/h1-2,4,7-11,16-17,27-28H,3,5-6,21H2,(H,22,24)(H,29,30);/t16-,17-;/m0./s1. The first-order chi connectivity index (χ1) is 15.3. The maximum Gasteiger partial charge on any atom is 0.349 e. The van der Waals surface area contributed by atoms with Gasteiger partial charge in [-0.15, -0.1) is 0 Å². The van der Waals surface area contributed by atoms with Crippen LogP contribution in [0, 0.1) is 0 Å². The van der Waals surface area contributed by atoms with Crippen LogP contribution in [0.1, 0.15) is 17.0 Å². The number of carbonyl (C=O) groups is 2. The van der Waals surface area contributed by atoms with Crippen LogP contribution in [0.5, 0.6) is 11.5 Å². The van der Waals surface area contributed by atoms with Crippen molar-refractivity contribution in [2.45, 2.75) is 31.3 Å². The van der Waals surface area contributed by atoms with Gasteiger partial charge in [-0.25, -0.2) is 19.6 Å². The van der Waals surface area contributed by atoms with Crippen LogP contribution in [0.25, 0.3) is 0 Å². The summed E-state index contributed by atoms with van der Waals surface area (Å²) in [5.41, 5.74) is 7.33. The monoisotopic (exact) mass is 494 g/mol. The third-order valence-corrected chi connectivity index (χ3v) is 4.46. The van der Waals surface area contributed by atoms with E-state index in [2.05, 4.69) is 19.9 Å². The minimum Gasteiger partial charge on any atom is -0.508 e. The topological polar surface area (TPSA) is 189 Å². The summed E-state index contributed by atoms with van der Waals surface area (Å²) in [6.45, 7) is 0. The van der Waals surface area contributed by atoms with Crippen molar-refractivity contribution in [2.75, 3.05) is 0 Å². The van der Waals surface area contributed by atoms with Gasteiger partial charge in [0.2, 0.25) is 0 Å². The molecule has 6 N–H and O–H groups in total. The van der Waals surface area contributed by atoms with E-state index >= 15 is 0 Å². The summed E-state index contributed by atoms with van der Waals surface area (Å²) in [6.07, 6.45) is 7.35. The van der Waals surface area contributed by atoms with E-state index in [-0.39, 0.29) is 48.1 Å². The number of aromatic hydroxyl groups is 2. The Bertz CT molecular complexity index is 1100. The maximum atomic E-state index is 12.1. The maximum absolute atomic E-state index is 12.1.